The summed E-state index contributed by atoms with van der Waals surface area (Å²) in [6, 6.07) is 0. The molecule has 0 spiro atoms. The summed E-state index contributed by atoms with van der Waals surface area (Å²) in [7, 11) is 0. The van der Waals surface area contributed by atoms with Crippen LogP contribution < -0.4 is 56.5 Å². The van der Waals surface area contributed by atoms with Crippen molar-refractivity contribution >= 4 is 5.97 Å². The van der Waals surface area contributed by atoms with Crippen molar-refractivity contribution in [1.29, 1.82) is 0 Å². The van der Waals surface area contributed by atoms with Crippen molar-refractivity contribution in [3.05, 3.63) is 0 Å². The molecule has 0 aliphatic rings. The molecule has 1 unspecified atom stereocenters. The largest absolute Gasteiger partial charge is 1.00 e. The zero-order valence-corrected chi connectivity index (χ0v) is 12.4. The first kappa shape index (κ1) is 17.5. The number of carboxylic acids is 1. The maximum absolute atomic E-state index is 10.0. The van der Waals surface area contributed by atoms with Crippen LogP contribution in [0.1, 0.15) is 51.9 Å². The number of carbonyl (C=O) groups excluding carboxylic acids is 1. The molecule has 0 amide bonds. The molecule has 0 fully saturated rings. The third-order valence-corrected chi connectivity index (χ3v) is 2.06. The van der Waals surface area contributed by atoms with Gasteiger partial charge in [0.1, 0.15) is 0 Å². The van der Waals surface area contributed by atoms with Gasteiger partial charge in [-0.2, -0.15) is 0 Å². The maximum Gasteiger partial charge on any atom is 1.00 e. The summed E-state index contributed by atoms with van der Waals surface area (Å²) in [5.74, 6) is -1.03. The molecule has 0 aromatic heterocycles. The molecule has 0 bridgehead atoms. The van der Waals surface area contributed by atoms with Crippen molar-refractivity contribution in [2.24, 2.45) is 0 Å². The molecule has 0 aromatic rings. The fourth-order valence-electron chi connectivity index (χ4n) is 1.26. The SMILES string of the molecule is CCCCCC(O)CCCC(=O)[O-].[K+]. The Morgan fingerprint density at radius 3 is 2.36 bits per heavy atom. The van der Waals surface area contributed by atoms with E-state index in [0.29, 0.717) is 12.8 Å². The molecule has 1 atom stereocenters. The molecular weight excluding hydrogens is 207 g/mol. The number of unbranched alkanes of at least 4 members (excludes halogenated alkanes) is 2. The van der Waals surface area contributed by atoms with E-state index in [4.69, 9.17) is 0 Å². The second kappa shape index (κ2) is 12.1. The number of aliphatic hydroxyl groups is 1. The van der Waals surface area contributed by atoms with Gasteiger partial charge in [0.2, 0.25) is 0 Å². The number of carbonyl (C=O) groups is 1. The molecule has 0 saturated carbocycles. The average molecular weight is 226 g/mol. The van der Waals surface area contributed by atoms with E-state index in [2.05, 4.69) is 6.92 Å². The molecule has 0 aromatic carbocycles. The van der Waals surface area contributed by atoms with Gasteiger partial charge >= 0.3 is 51.4 Å². The zero-order valence-electron chi connectivity index (χ0n) is 9.29. The summed E-state index contributed by atoms with van der Waals surface area (Å²) in [6.07, 6.45) is 4.94. The van der Waals surface area contributed by atoms with Crippen molar-refractivity contribution in [3.8, 4) is 0 Å². The molecule has 0 rings (SSSR count). The third-order valence-electron chi connectivity index (χ3n) is 2.06. The van der Waals surface area contributed by atoms with Crippen LogP contribution in [-0.4, -0.2) is 17.2 Å². The molecular formula is C10H19KO3. The van der Waals surface area contributed by atoms with Gasteiger partial charge in [-0.25, -0.2) is 0 Å². The quantitative estimate of drug-likeness (QED) is 0.379. The summed E-state index contributed by atoms with van der Waals surface area (Å²) < 4.78 is 0. The molecule has 78 valence electrons. The Morgan fingerprint density at radius 1 is 1.29 bits per heavy atom. The molecule has 0 aliphatic carbocycles. The summed E-state index contributed by atoms with van der Waals surface area (Å²) in [5, 5.41) is 19.4. The Kier molecular flexibility index (Phi) is 15.1. The first-order valence-electron chi connectivity index (χ1n) is 5.04. The Bertz CT molecular complexity index is 139. The Balaban J connectivity index is 0. The number of aliphatic carboxylic acids is 1. The molecule has 14 heavy (non-hydrogen) atoms. The van der Waals surface area contributed by atoms with Crippen LogP contribution in [0.15, 0.2) is 0 Å². The number of hydrogen-bond acceptors (Lipinski definition) is 3. The summed E-state index contributed by atoms with van der Waals surface area (Å²) in [6.45, 7) is 2.11. The minimum atomic E-state index is -1.03. The summed E-state index contributed by atoms with van der Waals surface area (Å²) in [5.41, 5.74) is 0. The first-order valence-corrected chi connectivity index (χ1v) is 5.04. The van der Waals surface area contributed by atoms with Gasteiger partial charge < -0.3 is 15.0 Å². The average Bonchev–Trinajstić information content (AvgIpc) is 2.04. The van der Waals surface area contributed by atoms with Gasteiger partial charge in [-0.15, -0.1) is 0 Å². The van der Waals surface area contributed by atoms with Crippen molar-refractivity contribution in [1.82, 2.24) is 0 Å². The topological polar surface area (TPSA) is 60.4 Å². The Hall–Kier alpha value is 1.07. The van der Waals surface area contributed by atoms with Crippen LogP contribution in [0, 0.1) is 0 Å². The second-order valence-electron chi connectivity index (χ2n) is 3.41. The third kappa shape index (κ3) is 13.1. The van der Waals surface area contributed by atoms with Crippen LogP contribution in [0.25, 0.3) is 0 Å². The van der Waals surface area contributed by atoms with Crippen LogP contribution in [0.5, 0.6) is 0 Å². The molecule has 0 saturated heterocycles. The Labute approximate surface area is 129 Å². The van der Waals surface area contributed by atoms with Gasteiger partial charge in [0.25, 0.3) is 0 Å². The number of carboxylic acid groups (broad SMARTS) is 1. The predicted octanol–water partition coefficient (Wildman–Crippen LogP) is -2.15. The first-order chi connectivity index (χ1) is 6.16. The van der Waals surface area contributed by atoms with Crippen molar-refractivity contribution in [3.63, 3.8) is 0 Å². The molecule has 0 radical (unpaired) electrons. The molecule has 0 aliphatic heterocycles. The van der Waals surface area contributed by atoms with E-state index in [1.54, 1.807) is 0 Å². The van der Waals surface area contributed by atoms with Crippen LogP contribution in [0.3, 0.4) is 0 Å². The molecule has 1 N–H and O–H groups in total. The fourth-order valence-corrected chi connectivity index (χ4v) is 1.26. The smallest absolute Gasteiger partial charge is 0.550 e. The number of aliphatic hydroxyl groups excluding tert-OH is 1. The predicted molar refractivity (Wildman–Crippen MR) is 49.0 cm³/mol. The van der Waals surface area contributed by atoms with Gasteiger partial charge in [0.15, 0.2) is 0 Å². The van der Waals surface area contributed by atoms with Crippen molar-refractivity contribution in [2.75, 3.05) is 0 Å². The normalized spacial score (nSPS) is 11.9. The fraction of sp³-hybridized carbons (Fsp3) is 0.900. The van der Waals surface area contributed by atoms with E-state index < -0.39 is 5.97 Å². The van der Waals surface area contributed by atoms with Crippen LogP contribution in [0.4, 0.5) is 0 Å². The van der Waals surface area contributed by atoms with Gasteiger partial charge in [-0.1, -0.05) is 26.2 Å². The van der Waals surface area contributed by atoms with Crippen LogP contribution in [0.2, 0.25) is 0 Å². The zero-order chi connectivity index (χ0) is 10.1. The standard InChI is InChI=1S/C10H20O3.K/c1-2-3-4-6-9(11)7-5-8-10(12)13;/h9,11H,2-8H2,1H3,(H,12,13);/q;+1/p-1. The number of rotatable bonds is 8. The van der Waals surface area contributed by atoms with E-state index in [-0.39, 0.29) is 63.9 Å². The van der Waals surface area contributed by atoms with E-state index in [1.165, 1.54) is 0 Å². The minimum Gasteiger partial charge on any atom is -0.550 e. The van der Waals surface area contributed by atoms with Crippen LogP contribution in [-0.2, 0) is 4.79 Å². The Morgan fingerprint density at radius 2 is 1.86 bits per heavy atom. The van der Waals surface area contributed by atoms with E-state index >= 15 is 0 Å². The maximum atomic E-state index is 10.0. The van der Waals surface area contributed by atoms with E-state index in [9.17, 15) is 15.0 Å². The monoisotopic (exact) mass is 226 g/mol. The van der Waals surface area contributed by atoms with E-state index in [0.717, 1.165) is 25.7 Å². The molecule has 4 heteroatoms. The van der Waals surface area contributed by atoms with Crippen molar-refractivity contribution < 1.29 is 66.4 Å². The van der Waals surface area contributed by atoms with E-state index in [1.807, 2.05) is 0 Å². The van der Waals surface area contributed by atoms with Gasteiger partial charge in [0, 0.05) is 5.97 Å². The molecule has 3 nitrogen and oxygen atoms in total. The number of hydrogen-bond donors (Lipinski definition) is 1. The minimum absolute atomic E-state index is 0. The second-order valence-corrected chi connectivity index (χ2v) is 3.41. The van der Waals surface area contributed by atoms with Gasteiger partial charge in [-0.3, -0.25) is 0 Å². The van der Waals surface area contributed by atoms with Gasteiger partial charge in [0.05, 0.1) is 6.10 Å². The van der Waals surface area contributed by atoms with Gasteiger partial charge in [-0.05, 0) is 25.7 Å². The summed E-state index contributed by atoms with van der Waals surface area (Å²) in [4.78, 5) is 10.0. The molecule has 0 heterocycles. The van der Waals surface area contributed by atoms with Crippen molar-refractivity contribution in [2.45, 2.75) is 58.0 Å². The summed E-state index contributed by atoms with van der Waals surface area (Å²) >= 11 is 0. The van der Waals surface area contributed by atoms with Crippen LogP contribution >= 0.6 is 0 Å².